The monoisotopic (exact) mass is 221 g/mol. The summed E-state index contributed by atoms with van der Waals surface area (Å²) in [6.07, 6.45) is 4.06. The van der Waals surface area contributed by atoms with Gasteiger partial charge in [-0.25, -0.2) is 4.98 Å². The van der Waals surface area contributed by atoms with Gasteiger partial charge in [0.05, 0.1) is 0 Å². The average molecular weight is 221 g/mol. The van der Waals surface area contributed by atoms with Gasteiger partial charge < -0.3 is 11.1 Å². The lowest BCUT2D eigenvalue weighted by molar-refractivity contribution is 0.464. The number of pyridine rings is 1. The first-order valence-electron chi connectivity index (χ1n) is 5.94. The Morgan fingerprint density at radius 2 is 2.06 bits per heavy atom. The fourth-order valence-electron chi connectivity index (χ4n) is 1.98. The number of aryl methyl sites for hydroxylation is 1. The second-order valence-electron chi connectivity index (χ2n) is 4.74. The van der Waals surface area contributed by atoms with Crippen molar-refractivity contribution in [2.45, 2.75) is 39.7 Å². The molecule has 0 aliphatic carbocycles. The van der Waals surface area contributed by atoms with E-state index in [1.54, 1.807) is 6.20 Å². The van der Waals surface area contributed by atoms with Crippen LogP contribution in [0.1, 0.15) is 43.9 Å². The summed E-state index contributed by atoms with van der Waals surface area (Å²) in [5.41, 5.74) is 8.33. The zero-order valence-electron chi connectivity index (χ0n) is 10.7. The SMILES string of the molecule is CNC(CCC(C)C)c1c(C)ccnc1N. The molecule has 1 rings (SSSR count). The molecule has 0 amide bonds. The van der Waals surface area contributed by atoms with Gasteiger partial charge in [-0.05, 0) is 44.4 Å². The third kappa shape index (κ3) is 3.20. The van der Waals surface area contributed by atoms with Crippen molar-refractivity contribution in [1.29, 1.82) is 0 Å². The highest BCUT2D eigenvalue weighted by atomic mass is 14.9. The predicted molar refractivity (Wildman–Crippen MR) is 69.3 cm³/mol. The van der Waals surface area contributed by atoms with Crippen molar-refractivity contribution in [3.8, 4) is 0 Å². The molecule has 90 valence electrons. The van der Waals surface area contributed by atoms with E-state index in [0.717, 1.165) is 12.0 Å². The highest BCUT2D eigenvalue weighted by molar-refractivity contribution is 5.46. The van der Waals surface area contributed by atoms with Gasteiger partial charge in [-0.15, -0.1) is 0 Å². The molecule has 0 spiro atoms. The number of nitrogen functional groups attached to an aromatic ring is 1. The number of hydrogen-bond donors (Lipinski definition) is 2. The Labute approximate surface area is 98.5 Å². The quantitative estimate of drug-likeness (QED) is 0.803. The fraction of sp³-hybridized carbons (Fsp3) is 0.615. The third-order valence-electron chi connectivity index (χ3n) is 2.97. The zero-order chi connectivity index (χ0) is 12.1. The van der Waals surface area contributed by atoms with Crippen LogP contribution in [0.4, 0.5) is 5.82 Å². The van der Waals surface area contributed by atoms with E-state index >= 15 is 0 Å². The van der Waals surface area contributed by atoms with Crippen LogP contribution in [0.15, 0.2) is 12.3 Å². The number of rotatable bonds is 5. The number of nitrogens with one attached hydrogen (secondary N) is 1. The number of nitrogens with zero attached hydrogens (tertiary/aromatic N) is 1. The van der Waals surface area contributed by atoms with Gasteiger partial charge in [0.1, 0.15) is 5.82 Å². The molecule has 0 aliphatic rings. The van der Waals surface area contributed by atoms with Crippen LogP contribution in [0.5, 0.6) is 0 Å². The van der Waals surface area contributed by atoms with Gasteiger partial charge in [-0.2, -0.15) is 0 Å². The van der Waals surface area contributed by atoms with Crippen molar-refractivity contribution in [2.24, 2.45) is 5.92 Å². The molecule has 0 saturated heterocycles. The van der Waals surface area contributed by atoms with Gasteiger partial charge in [0.15, 0.2) is 0 Å². The Hall–Kier alpha value is -1.09. The van der Waals surface area contributed by atoms with Crippen molar-refractivity contribution in [2.75, 3.05) is 12.8 Å². The molecule has 0 radical (unpaired) electrons. The van der Waals surface area contributed by atoms with Crippen molar-refractivity contribution >= 4 is 5.82 Å². The van der Waals surface area contributed by atoms with E-state index in [1.807, 2.05) is 13.1 Å². The first-order valence-corrected chi connectivity index (χ1v) is 5.94. The summed E-state index contributed by atoms with van der Waals surface area (Å²) in [4.78, 5) is 4.17. The van der Waals surface area contributed by atoms with Gasteiger partial charge in [-0.1, -0.05) is 13.8 Å². The van der Waals surface area contributed by atoms with E-state index in [-0.39, 0.29) is 0 Å². The van der Waals surface area contributed by atoms with E-state index in [9.17, 15) is 0 Å². The Kier molecular flexibility index (Phi) is 4.74. The lowest BCUT2D eigenvalue weighted by Crippen LogP contribution is -2.20. The first kappa shape index (κ1) is 13.0. The number of anilines is 1. The van der Waals surface area contributed by atoms with Crippen molar-refractivity contribution in [3.05, 3.63) is 23.4 Å². The molecular formula is C13H23N3. The van der Waals surface area contributed by atoms with Crippen molar-refractivity contribution in [3.63, 3.8) is 0 Å². The molecule has 16 heavy (non-hydrogen) atoms. The van der Waals surface area contributed by atoms with Crippen LogP contribution in [0.25, 0.3) is 0 Å². The van der Waals surface area contributed by atoms with E-state index < -0.39 is 0 Å². The zero-order valence-corrected chi connectivity index (χ0v) is 10.7. The summed E-state index contributed by atoms with van der Waals surface area (Å²) < 4.78 is 0. The van der Waals surface area contributed by atoms with Gasteiger partial charge in [0, 0.05) is 17.8 Å². The van der Waals surface area contributed by atoms with Gasteiger partial charge in [-0.3, -0.25) is 0 Å². The normalized spacial score (nSPS) is 13.1. The highest BCUT2D eigenvalue weighted by Crippen LogP contribution is 2.26. The lowest BCUT2D eigenvalue weighted by atomic mass is 9.95. The molecule has 3 N–H and O–H groups in total. The third-order valence-corrected chi connectivity index (χ3v) is 2.97. The summed E-state index contributed by atoms with van der Waals surface area (Å²) in [7, 11) is 1.98. The lowest BCUT2D eigenvalue weighted by Gasteiger charge is -2.20. The molecule has 3 nitrogen and oxygen atoms in total. The Bertz CT molecular complexity index is 314. The predicted octanol–water partition coefficient (Wildman–Crippen LogP) is 2.67. The maximum absolute atomic E-state index is 5.95. The number of aromatic nitrogens is 1. The van der Waals surface area contributed by atoms with Crippen LogP contribution in [0, 0.1) is 12.8 Å². The van der Waals surface area contributed by atoms with Crippen molar-refractivity contribution < 1.29 is 0 Å². The molecule has 0 fully saturated rings. The van der Waals surface area contributed by atoms with E-state index in [1.165, 1.54) is 12.0 Å². The van der Waals surface area contributed by atoms with E-state index in [4.69, 9.17) is 5.73 Å². The standard InChI is InChI=1S/C13H23N3/c1-9(2)5-6-11(15-4)12-10(3)7-8-16-13(12)14/h7-9,11,15H,5-6H2,1-4H3,(H2,14,16). The summed E-state index contributed by atoms with van der Waals surface area (Å²) in [6, 6.07) is 2.34. The fourth-order valence-corrected chi connectivity index (χ4v) is 1.98. The number of nitrogens with two attached hydrogens (primary N) is 1. The van der Waals surface area contributed by atoms with Crippen LogP contribution in [0.2, 0.25) is 0 Å². The van der Waals surface area contributed by atoms with Crippen LogP contribution < -0.4 is 11.1 Å². The Morgan fingerprint density at radius 1 is 1.38 bits per heavy atom. The minimum absolute atomic E-state index is 0.316. The summed E-state index contributed by atoms with van der Waals surface area (Å²) in [5.74, 6) is 1.37. The maximum atomic E-state index is 5.95. The van der Waals surface area contributed by atoms with Crippen LogP contribution in [-0.4, -0.2) is 12.0 Å². The molecular weight excluding hydrogens is 198 g/mol. The van der Waals surface area contributed by atoms with Crippen LogP contribution in [0.3, 0.4) is 0 Å². The van der Waals surface area contributed by atoms with Gasteiger partial charge in [0.25, 0.3) is 0 Å². The molecule has 0 aliphatic heterocycles. The molecule has 0 bridgehead atoms. The summed E-state index contributed by atoms with van der Waals surface area (Å²) >= 11 is 0. The molecule has 1 unspecified atom stereocenters. The Morgan fingerprint density at radius 3 is 2.56 bits per heavy atom. The van der Waals surface area contributed by atoms with E-state index in [2.05, 4.69) is 31.1 Å². The smallest absolute Gasteiger partial charge is 0.128 e. The second kappa shape index (κ2) is 5.85. The average Bonchev–Trinajstić information content (AvgIpc) is 2.22. The maximum Gasteiger partial charge on any atom is 0.128 e. The molecule has 1 atom stereocenters. The van der Waals surface area contributed by atoms with Crippen LogP contribution in [-0.2, 0) is 0 Å². The number of hydrogen-bond acceptors (Lipinski definition) is 3. The topological polar surface area (TPSA) is 50.9 Å². The summed E-state index contributed by atoms with van der Waals surface area (Å²) in [6.45, 7) is 6.57. The minimum Gasteiger partial charge on any atom is -0.383 e. The van der Waals surface area contributed by atoms with Gasteiger partial charge >= 0.3 is 0 Å². The minimum atomic E-state index is 0.316. The highest BCUT2D eigenvalue weighted by Gasteiger charge is 2.15. The second-order valence-corrected chi connectivity index (χ2v) is 4.74. The molecule has 1 aromatic rings. The largest absolute Gasteiger partial charge is 0.383 e. The van der Waals surface area contributed by atoms with Crippen molar-refractivity contribution in [1.82, 2.24) is 10.3 Å². The van der Waals surface area contributed by atoms with Crippen LogP contribution >= 0.6 is 0 Å². The van der Waals surface area contributed by atoms with Gasteiger partial charge in [0.2, 0.25) is 0 Å². The first-order chi connectivity index (χ1) is 7.56. The summed E-state index contributed by atoms with van der Waals surface area (Å²) in [5, 5.41) is 3.34. The Balaban J connectivity index is 2.86. The molecule has 1 aromatic heterocycles. The molecule has 3 heteroatoms. The van der Waals surface area contributed by atoms with E-state index in [0.29, 0.717) is 17.8 Å². The molecule has 0 aromatic carbocycles. The molecule has 0 saturated carbocycles. The molecule has 1 heterocycles.